The molecule has 2 rings (SSSR count). The van der Waals surface area contributed by atoms with Crippen LogP contribution in [0.15, 0.2) is 44.7 Å². The molecule has 0 unspecified atom stereocenters. The number of carbonyl (C=O) groups excluding carboxylic acids is 1. The molecule has 1 aromatic heterocycles. The van der Waals surface area contributed by atoms with E-state index >= 15 is 0 Å². The van der Waals surface area contributed by atoms with Crippen molar-refractivity contribution in [3.63, 3.8) is 0 Å². The average molecular weight is 262 g/mol. The molecule has 4 heteroatoms. The van der Waals surface area contributed by atoms with Gasteiger partial charge in [0.25, 0.3) is 0 Å². The highest BCUT2D eigenvalue weighted by atomic mass is 32.2. The molecule has 0 N–H and O–H groups in total. The highest BCUT2D eigenvalue weighted by molar-refractivity contribution is 7.99. The van der Waals surface area contributed by atoms with Crippen molar-refractivity contribution in [3.05, 3.63) is 41.9 Å². The minimum Gasteiger partial charge on any atom is -0.496 e. The van der Waals surface area contributed by atoms with Crippen LogP contribution < -0.4 is 4.74 Å². The van der Waals surface area contributed by atoms with Crippen LogP contribution in [-0.4, -0.2) is 12.9 Å². The van der Waals surface area contributed by atoms with Crippen molar-refractivity contribution >= 4 is 17.5 Å². The van der Waals surface area contributed by atoms with Crippen molar-refractivity contribution < 1.29 is 13.9 Å². The third kappa shape index (κ3) is 2.43. The van der Waals surface area contributed by atoms with E-state index < -0.39 is 0 Å². The number of ether oxygens (including phenoxy) is 1. The minimum absolute atomic E-state index is 0.00361. The minimum atomic E-state index is -0.00361. The third-order valence-electron chi connectivity index (χ3n) is 2.59. The van der Waals surface area contributed by atoms with Gasteiger partial charge in [0.05, 0.1) is 23.8 Å². The smallest absolute Gasteiger partial charge is 0.164 e. The number of hydrogen-bond donors (Lipinski definition) is 0. The number of benzene rings is 1. The van der Waals surface area contributed by atoms with Gasteiger partial charge in [-0.1, -0.05) is 17.8 Å². The Morgan fingerprint density at radius 1 is 1.28 bits per heavy atom. The van der Waals surface area contributed by atoms with Crippen LogP contribution in [0.1, 0.15) is 23.0 Å². The van der Waals surface area contributed by atoms with Crippen LogP contribution in [0.4, 0.5) is 0 Å². The van der Waals surface area contributed by atoms with E-state index in [4.69, 9.17) is 9.15 Å². The molecule has 0 amide bonds. The van der Waals surface area contributed by atoms with Crippen LogP contribution in [0.5, 0.6) is 5.75 Å². The number of rotatable bonds is 4. The van der Waals surface area contributed by atoms with E-state index in [9.17, 15) is 4.79 Å². The first-order valence-corrected chi connectivity index (χ1v) is 6.35. The molecule has 0 aliphatic carbocycles. The summed E-state index contributed by atoms with van der Waals surface area (Å²) in [6.45, 7) is 3.44. The summed E-state index contributed by atoms with van der Waals surface area (Å²) >= 11 is 1.51. The zero-order valence-electron chi connectivity index (χ0n) is 10.5. The Hall–Kier alpha value is -1.68. The number of aryl methyl sites for hydroxylation is 1. The monoisotopic (exact) mass is 262 g/mol. The molecule has 0 radical (unpaired) electrons. The second-order valence-electron chi connectivity index (χ2n) is 3.83. The predicted molar refractivity (Wildman–Crippen MR) is 70.6 cm³/mol. The number of methoxy groups -OCH3 is 1. The zero-order valence-corrected chi connectivity index (χ0v) is 11.3. The van der Waals surface area contributed by atoms with Crippen molar-refractivity contribution in [2.24, 2.45) is 0 Å². The summed E-state index contributed by atoms with van der Waals surface area (Å²) in [4.78, 5) is 13.6. The van der Waals surface area contributed by atoms with Gasteiger partial charge in [0, 0.05) is 4.90 Å². The molecule has 0 atom stereocenters. The lowest BCUT2D eigenvalue weighted by Gasteiger charge is -2.10. The number of Topliss-reactive ketones (excluding diaryl/α,β-unsaturated/α-hetero) is 1. The maximum atomic E-state index is 11.7. The van der Waals surface area contributed by atoms with E-state index in [1.165, 1.54) is 11.8 Å². The highest BCUT2D eigenvalue weighted by Crippen LogP contribution is 2.36. The molecular weight excluding hydrogens is 248 g/mol. The molecule has 0 aliphatic rings. The number of furan rings is 1. The van der Waals surface area contributed by atoms with E-state index in [-0.39, 0.29) is 5.78 Å². The fourth-order valence-electron chi connectivity index (χ4n) is 1.71. The molecule has 94 valence electrons. The lowest BCUT2D eigenvalue weighted by molar-refractivity contribution is 0.101. The quantitative estimate of drug-likeness (QED) is 0.782. The summed E-state index contributed by atoms with van der Waals surface area (Å²) in [7, 11) is 1.57. The van der Waals surface area contributed by atoms with Gasteiger partial charge in [-0.15, -0.1) is 0 Å². The van der Waals surface area contributed by atoms with Crippen LogP contribution in [-0.2, 0) is 0 Å². The molecule has 0 saturated carbocycles. The topological polar surface area (TPSA) is 39.4 Å². The number of ketones is 1. The first kappa shape index (κ1) is 12.8. The fourth-order valence-corrected chi connectivity index (χ4v) is 2.76. The maximum Gasteiger partial charge on any atom is 0.164 e. The first-order valence-electron chi connectivity index (χ1n) is 5.53. The van der Waals surface area contributed by atoms with Gasteiger partial charge in [-0.05, 0) is 32.0 Å². The standard InChI is InChI=1S/C14H14O3S/c1-9(15)14-11(16-3)5-4-6-13(14)18-12-7-8-17-10(12)2/h4-8H,1-3H3. The van der Waals surface area contributed by atoms with Gasteiger partial charge in [-0.25, -0.2) is 0 Å². The van der Waals surface area contributed by atoms with E-state index in [0.717, 1.165) is 15.6 Å². The lowest BCUT2D eigenvalue weighted by Crippen LogP contribution is -1.99. The molecule has 0 aliphatic heterocycles. The molecule has 0 spiro atoms. The normalized spacial score (nSPS) is 10.4. The van der Waals surface area contributed by atoms with Gasteiger partial charge in [0.15, 0.2) is 5.78 Å². The molecule has 1 aromatic carbocycles. The molecule has 0 fully saturated rings. The van der Waals surface area contributed by atoms with E-state index in [1.807, 2.05) is 25.1 Å². The van der Waals surface area contributed by atoms with Gasteiger partial charge in [0.2, 0.25) is 0 Å². The average Bonchev–Trinajstić information content (AvgIpc) is 2.74. The molecule has 3 nitrogen and oxygen atoms in total. The predicted octanol–water partition coefficient (Wildman–Crippen LogP) is 3.95. The van der Waals surface area contributed by atoms with Crippen LogP contribution in [0.2, 0.25) is 0 Å². The Bertz CT molecular complexity index is 572. The molecular formula is C14H14O3S. The molecule has 2 aromatic rings. The second kappa shape index (κ2) is 5.31. The van der Waals surface area contributed by atoms with Crippen molar-refractivity contribution in [1.29, 1.82) is 0 Å². The Balaban J connectivity index is 2.44. The SMILES string of the molecule is COc1cccc(Sc2ccoc2C)c1C(C)=O. The molecule has 0 saturated heterocycles. The lowest BCUT2D eigenvalue weighted by atomic mass is 10.1. The van der Waals surface area contributed by atoms with E-state index in [0.29, 0.717) is 11.3 Å². The van der Waals surface area contributed by atoms with Crippen molar-refractivity contribution in [2.45, 2.75) is 23.6 Å². The highest BCUT2D eigenvalue weighted by Gasteiger charge is 2.15. The largest absolute Gasteiger partial charge is 0.496 e. The third-order valence-corrected chi connectivity index (χ3v) is 3.79. The maximum absolute atomic E-state index is 11.7. The van der Waals surface area contributed by atoms with Gasteiger partial charge < -0.3 is 9.15 Å². The Kier molecular flexibility index (Phi) is 3.77. The first-order chi connectivity index (χ1) is 8.63. The van der Waals surface area contributed by atoms with Gasteiger partial charge in [-0.3, -0.25) is 4.79 Å². The number of carbonyl (C=O) groups is 1. The van der Waals surface area contributed by atoms with Crippen molar-refractivity contribution in [1.82, 2.24) is 0 Å². The summed E-state index contributed by atoms with van der Waals surface area (Å²) in [6.07, 6.45) is 1.64. The molecule has 18 heavy (non-hydrogen) atoms. The van der Waals surface area contributed by atoms with Crippen LogP contribution in [0, 0.1) is 6.92 Å². The summed E-state index contributed by atoms with van der Waals surface area (Å²) < 4.78 is 10.5. The van der Waals surface area contributed by atoms with E-state index in [2.05, 4.69) is 0 Å². The summed E-state index contributed by atoms with van der Waals surface area (Å²) in [6, 6.07) is 7.48. The summed E-state index contributed by atoms with van der Waals surface area (Å²) in [5.74, 6) is 1.45. The van der Waals surface area contributed by atoms with Crippen LogP contribution in [0.3, 0.4) is 0 Å². The van der Waals surface area contributed by atoms with Gasteiger partial charge in [-0.2, -0.15) is 0 Å². The molecule has 1 heterocycles. The Labute approximate surface area is 110 Å². The summed E-state index contributed by atoms with van der Waals surface area (Å²) in [5, 5.41) is 0. The zero-order chi connectivity index (χ0) is 13.1. The number of hydrogen-bond acceptors (Lipinski definition) is 4. The van der Waals surface area contributed by atoms with E-state index in [1.54, 1.807) is 26.4 Å². The fraction of sp³-hybridized carbons (Fsp3) is 0.214. The van der Waals surface area contributed by atoms with Crippen molar-refractivity contribution in [3.8, 4) is 5.75 Å². The van der Waals surface area contributed by atoms with Gasteiger partial charge in [0.1, 0.15) is 11.5 Å². The summed E-state index contributed by atoms with van der Waals surface area (Å²) in [5.41, 5.74) is 0.616. The Morgan fingerprint density at radius 3 is 2.61 bits per heavy atom. The van der Waals surface area contributed by atoms with Crippen molar-refractivity contribution in [2.75, 3.05) is 7.11 Å². The van der Waals surface area contributed by atoms with Crippen LogP contribution >= 0.6 is 11.8 Å². The Morgan fingerprint density at radius 2 is 2.06 bits per heavy atom. The second-order valence-corrected chi connectivity index (χ2v) is 4.92. The molecule has 0 bridgehead atoms. The van der Waals surface area contributed by atoms with Gasteiger partial charge >= 0.3 is 0 Å². The van der Waals surface area contributed by atoms with Crippen LogP contribution in [0.25, 0.3) is 0 Å².